The number of benzene rings is 1. The van der Waals surface area contributed by atoms with E-state index in [9.17, 15) is 4.79 Å². The number of anilines is 1. The fourth-order valence-electron chi connectivity index (χ4n) is 5.52. The molecule has 1 unspecified atom stereocenters. The monoisotopic (exact) mass is 499 g/mol. The zero-order valence-corrected chi connectivity index (χ0v) is 22.6. The molecule has 2 aromatic rings. The Kier molecular flexibility index (Phi) is 8.50. The largest absolute Gasteiger partial charge is 0.422 e. The van der Waals surface area contributed by atoms with Crippen LogP contribution >= 0.6 is 8.53 Å². The molecule has 2 aliphatic heterocycles. The van der Waals surface area contributed by atoms with Crippen molar-refractivity contribution in [2.45, 2.75) is 85.2 Å². The SMILES string of the molecule is Cc1c(CCOP(OCCC#N)N(C(C)C)C(C)C)c(=O)oc2c3c4c(cc12)CCCN4CCC3. The topological polar surface area (TPSA) is 78.9 Å². The van der Waals surface area contributed by atoms with Gasteiger partial charge in [0.25, 0.3) is 8.53 Å². The Morgan fingerprint density at radius 1 is 1.14 bits per heavy atom. The van der Waals surface area contributed by atoms with Gasteiger partial charge in [-0.05, 0) is 77.5 Å². The molecule has 0 aliphatic carbocycles. The lowest BCUT2D eigenvalue weighted by molar-refractivity contribution is 0.177. The maximum atomic E-state index is 13.1. The van der Waals surface area contributed by atoms with E-state index in [1.807, 2.05) is 6.92 Å². The number of aryl methyl sites for hydroxylation is 3. The molecule has 0 saturated heterocycles. The maximum Gasteiger partial charge on any atom is 0.339 e. The van der Waals surface area contributed by atoms with Crippen LogP contribution in [0, 0.1) is 18.3 Å². The summed E-state index contributed by atoms with van der Waals surface area (Å²) in [6.45, 7) is 13.4. The van der Waals surface area contributed by atoms with Crippen molar-refractivity contribution in [2.75, 3.05) is 31.2 Å². The highest BCUT2D eigenvalue weighted by molar-refractivity contribution is 7.44. The molecule has 35 heavy (non-hydrogen) atoms. The number of fused-ring (bicyclic) bond motifs is 2. The molecule has 0 saturated carbocycles. The van der Waals surface area contributed by atoms with Gasteiger partial charge < -0.3 is 18.4 Å². The van der Waals surface area contributed by atoms with Crippen molar-refractivity contribution in [1.29, 1.82) is 5.26 Å². The summed E-state index contributed by atoms with van der Waals surface area (Å²) in [5.74, 6) is 0. The van der Waals surface area contributed by atoms with Crippen molar-refractivity contribution in [1.82, 2.24) is 4.67 Å². The van der Waals surface area contributed by atoms with Crippen molar-refractivity contribution >= 4 is 25.2 Å². The van der Waals surface area contributed by atoms with Crippen LogP contribution in [0.15, 0.2) is 15.3 Å². The predicted octanol–water partition coefficient (Wildman–Crippen LogP) is 5.64. The second-order valence-corrected chi connectivity index (χ2v) is 11.5. The highest BCUT2D eigenvalue weighted by atomic mass is 31.2. The van der Waals surface area contributed by atoms with Crippen LogP contribution in [0.2, 0.25) is 0 Å². The van der Waals surface area contributed by atoms with Crippen molar-refractivity contribution in [3.05, 3.63) is 38.7 Å². The minimum absolute atomic E-state index is 0.235. The van der Waals surface area contributed by atoms with E-state index < -0.39 is 8.53 Å². The third-order valence-corrected chi connectivity index (χ3v) is 9.09. The Balaban J connectivity index is 1.59. The van der Waals surface area contributed by atoms with Crippen molar-refractivity contribution in [3.63, 3.8) is 0 Å². The number of rotatable bonds is 10. The van der Waals surface area contributed by atoms with Crippen LogP contribution in [-0.4, -0.2) is 43.1 Å². The van der Waals surface area contributed by atoms with Gasteiger partial charge in [0.2, 0.25) is 0 Å². The molecule has 190 valence electrons. The van der Waals surface area contributed by atoms with E-state index in [0.717, 1.165) is 48.9 Å². The molecule has 1 atom stereocenters. The van der Waals surface area contributed by atoms with Crippen LogP contribution in [0.4, 0.5) is 5.69 Å². The normalized spacial score (nSPS) is 16.3. The summed E-state index contributed by atoms with van der Waals surface area (Å²) < 4.78 is 20.4. The Bertz CT molecular complexity index is 1140. The van der Waals surface area contributed by atoms with Gasteiger partial charge in [0, 0.05) is 53.8 Å². The second-order valence-electron chi connectivity index (χ2n) is 10.1. The van der Waals surface area contributed by atoms with Crippen LogP contribution in [0.5, 0.6) is 0 Å². The molecule has 0 spiro atoms. The molecule has 1 aromatic carbocycles. The predicted molar refractivity (Wildman–Crippen MR) is 141 cm³/mol. The molecular weight excluding hydrogens is 461 g/mol. The Morgan fingerprint density at radius 3 is 2.51 bits per heavy atom. The molecule has 8 heteroatoms. The van der Waals surface area contributed by atoms with E-state index >= 15 is 0 Å². The number of nitrogens with zero attached hydrogens (tertiary/aromatic N) is 3. The molecule has 1 aromatic heterocycles. The summed E-state index contributed by atoms with van der Waals surface area (Å²) >= 11 is 0. The highest BCUT2D eigenvalue weighted by Crippen LogP contribution is 2.46. The molecule has 4 rings (SSSR count). The number of hydrogen-bond donors (Lipinski definition) is 0. The average molecular weight is 500 g/mol. The first-order valence-corrected chi connectivity index (χ1v) is 14.0. The lowest BCUT2D eigenvalue weighted by atomic mass is 9.88. The maximum absolute atomic E-state index is 13.1. The van der Waals surface area contributed by atoms with Gasteiger partial charge in [-0.2, -0.15) is 5.26 Å². The first-order valence-electron chi connectivity index (χ1n) is 12.9. The Hall–Kier alpha value is -1.97. The molecule has 7 nitrogen and oxygen atoms in total. The summed E-state index contributed by atoms with van der Waals surface area (Å²) in [4.78, 5) is 15.6. The first kappa shape index (κ1) is 26.1. The standard InChI is InChI=1S/C27H38N3O4P/c1-18(2)30(19(3)4)35(32-15-8-12-28)33-16-11-22-20(5)24-17-21-9-6-13-29-14-7-10-23(25(21)29)26(24)34-27(22)31/h17-19H,6-11,13-16H2,1-5H3. The zero-order chi connectivity index (χ0) is 25.1. The number of nitriles is 1. The van der Waals surface area contributed by atoms with Gasteiger partial charge in [0.15, 0.2) is 0 Å². The second kappa shape index (κ2) is 11.4. The van der Waals surface area contributed by atoms with Crippen molar-refractivity contribution in [2.24, 2.45) is 0 Å². The Morgan fingerprint density at radius 2 is 1.83 bits per heavy atom. The van der Waals surface area contributed by atoms with E-state index in [2.05, 4.69) is 49.4 Å². The zero-order valence-electron chi connectivity index (χ0n) is 21.7. The van der Waals surface area contributed by atoms with Crippen molar-refractivity contribution in [3.8, 4) is 6.07 Å². The van der Waals surface area contributed by atoms with Gasteiger partial charge in [0.05, 0.1) is 25.7 Å². The minimum Gasteiger partial charge on any atom is -0.422 e. The summed E-state index contributed by atoms with van der Waals surface area (Å²) in [6.07, 6.45) is 5.10. The lowest BCUT2D eigenvalue weighted by Gasteiger charge is -2.37. The van der Waals surface area contributed by atoms with Gasteiger partial charge in [-0.15, -0.1) is 0 Å². The van der Waals surface area contributed by atoms with Gasteiger partial charge in [-0.3, -0.25) is 0 Å². The number of hydrogen-bond acceptors (Lipinski definition) is 7. The van der Waals surface area contributed by atoms with E-state index in [1.54, 1.807) is 0 Å². The molecule has 0 fully saturated rings. The van der Waals surface area contributed by atoms with Gasteiger partial charge in [-0.25, -0.2) is 9.46 Å². The Labute approximate surface area is 210 Å². The van der Waals surface area contributed by atoms with Crippen LogP contribution < -0.4 is 10.5 Å². The van der Waals surface area contributed by atoms with Crippen LogP contribution in [0.1, 0.15) is 69.2 Å². The average Bonchev–Trinajstić information content (AvgIpc) is 2.82. The lowest BCUT2D eigenvalue weighted by Crippen LogP contribution is -2.34. The van der Waals surface area contributed by atoms with Crippen LogP contribution in [-0.2, 0) is 28.3 Å². The van der Waals surface area contributed by atoms with Crippen molar-refractivity contribution < 1.29 is 13.5 Å². The molecule has 2 aliphatic rings. The third kappa shape index (κ3) is 5.42. The van der Waals surface area contributed by atoms with E-state index in [1.165, 1.54) is 23.2 Å². The fraction of sp³-hybridized carbons (Fsp3) is 0.630. The highest BCUT2D eigenvalue weighted by Gasteiger charge is 2.29. The third-order valence-electron chi connectivity index (χ3n) is 6.99. The molecule has 0 bridgehead atoms. The van der Waals surface area contributed by atoms with Crippen LogP contribution in [0.3, 0.4) is 0 Å². The van der Waals surface area contributed by atoms with E-state index in [4.69, 9.17) is 18.7 Å². The summed E-state index contributed by atoms with van der Waals surface area (Å²) in [6, 6.07) is 4.85. The summed E-state index contributed by atoms with van der Waals surface area (Å²) in [5.41, 5.74) is 6.11. The van der Waals surface area contributed by atoms with Gasteiger partial charge >= 0.3 is 5.63 Å². The molecular formula is C27H38N3O4P. The van der Waals surface area contributed by atoms with Gasteiger partial charge in [-0.1, -0.05) is 0 Å². The minimum atomic E-state index is -1.33. The summed E-state index contributed by atoms with van der Waals surface area (Å²) in [5, 5.41) is 9.98. The quantitative estimate of drug-likeness (QED) is 0.238. The summed E-state index contributed by atoms with van der Waals surface area (Å²) in [7, 11) is -1.33. The van der Waals surface area contributed by atoms with Crippen LogP contribution in [0.25, 0.3) is 11.0 Å². The molecule has 0 amide bonds. The van der Waals surface area contributed by atoms with Gasteiger partial charge in [0.1, 0.15) is 5.58 Å². The molecule has 0 radical (unpaired) electrons. The molecule has 3 heterocycles. The first-order chi connectivity index (χ1) is 16.8. The van der Waals surface area contributed by atoms with E-state index in [-0.39, 0.29) is 17.7 Å². The molecule has 0 N–H and O–H groups in total. The fourth-order valence-corrected chi connectivity index (χ4v) is 7.12. The smallest absolute Gasteiger partial charge is 0.339 e. The van der Waals surface area contributed by atoms with E-state index in [0.29, 0.717) is 31.6 Å².